The van der Waals surface area contributed by atoms with Crippen LogP contribution in [0.2, 0.25) is 0 Å². The number of rotatable bonds is 7. The SMILES string of the molecule is CCCCCn1cc(C(=O)c2cccc3c(CC)cccc23)c2ccccc21. The quantitative estimate of drug-likeness (QED) is 0.260. The molecule has 0 amide bonds. The Labute approximate surface area is 166 Å². The van der Waals surface area contributed by atoms with Gasteiger partial charge in [-0.05, 0) is 35.2 Å². The Hall–Kier alpha value is -2.87. The standard InChI is InChI=1S/C26H27NO/c1-3-5-8-17-27-18-24(22-12-6-7-16-25(22)27)26(28)23-15-10-13-20-19(4-2)11-9-14-21(20)23/h6-7,9-16,18H,3-5,8,17H2,1-2H3. The maximum Gasteiger partial charge on any atom is 0.195 e. The van der Waals surface area contributed by atoms with E-state index in [4.69, 9.17) is 0 Å². The maximum atomic E-state index is 13.6. The molecule has 0 bridgehead atoms. The maximum absolute atomic E-state index is 13.6. The molecule has 0 atom stereocenters. The van der Waals surface area contributed by atoms with E-state index in [9.17, 15) is 4.79 Å². The van der Waals surface area contributed by atoms with Crippen molar-refractivity contribution in [3.8, 4) is 0 Å². The molecule has 0 aliphatic rings. The molecule has 4 rings (SSSR count). The van der Waals surface area contributed by atoms with Crippen LogP contribution in [0.15, 0.2) is 66.9 Å². The first kappa shape index (κ1) is 18.5. The van der Waals surface area contributed by atoms with Crippen LogP contribution in [0, 0.1) is 0 Å². The van der Waals surface area contributed by atoms with E-state index in [1.807, 2.05) is 18.2 Å². The molecule has 2 nitrogen and oxygen atoms in total. The Balaban J connectivity index is 1.83. The summed E-state index contributed by atoms with van der Waals surface area (Å²) in [7, 11) is 0. The summed E-state index contributed by atoms with van der Waals surface area (Å²) in [4.78, 5) is 13.6. The second-order valence-corrected chi connectivity index (χ2v) is 7.46. The summed E-state index contributed by atoms with van der Waals surface area (Å²) in [6, 6.07) is 20.6. The Bertz CT molecular complexity index is 1140. The number of benzene rings is 3. The molecule has 0 radical (unpaired) electrons. The fraction of sp³-hybridized carbons (Fsp3) is 0.269. The zero-order chi connectivity index (χ0) is 19.5. The third kappa shape index (κ3) is 3.24. The molecular weight excluding hydrogens is 342 g/mol. The van der Waals surface area contributed by atoms with Crippen LogP contribution < -0.4 is 0 Å². The van der Waals surface area contributed by atoms with Gasteiger partial charge >= 0.3 is 0 Å². The summed E-state index contributed by atoms with van der Waals surface area (Å²) in [5.41, 5.74) is 4.04. The Morgan fingerprint density at radius 2 is 1.54 bits per heavy atom. The smallest absolute Gasteiger partial charge is 0.195 e. The number of hydrogen-bond acceptors (Lipinski definition) is 1. The van der Waals surface area contributed by atoms with Gasteiger partial charge in [-0.3, -0.25) is 4.79 Å². The average molecular weight is 370 g/mol. The summed E-state index contributed by atoms with van der Waals surface area (Å²) in [5.74, 6) is 0.115. The molecule has 4 aromatic rings. The highest BCUT2D eigenvalue weighted by molar-refractivity contribution is 6.21. The van der Waals surface area contributed by atoms with E-state index >= 15 is 0 Å². The van der Waals surface area contributed by atoms with Crippen molar-refractivity contribution in [1.82, 2.24) is 4.57 Å². The molecule has 0 unspecified atom stereocenters. The zero-order valence-corrected chi connectivity index (χ0v) is 16.7. The normalized spacial score (nSPS) is 11.4. The van der Waals surface area contributed by atoms with Crippen molar-refractivity contribution in [2.45, 2.75) is 46.1 Å². The van der Waals surface area contributed by atoms with Crippen LogP contribution in [0.3, 0.4) is 0 Å². The van der Waals surface area contributed by atoms with Crippen molar-refractivity contribution in [1.29, 1.82) is 0 Å². The van der Waals surface area contributed by atoms with Crippen LogP contribution in [0.1, 0.15) is 54.6 Å². The molecular formula is C26H27NO. The number of hydrogen-bond donors (Lipinski definition) is 0. The van der Waals surface area contributed by atoms with Gasteiger partial charge in [0.05, 0.1) is 0 Å². The number of nitrogens with zero attached hydrogens (tertiary/aromatic N) is 1. The van der Waals surface area contributed by atoms with Crippen LogP contribution >= 0.6 is 0 Å². The van der Waals surface area contributed by atoms with Crippen LogP contribution in [0.4, 0.5) is 0 Å². The Morgan fingerprint density at radius 3 is 2.36 bits per heavy atom. The molecule has 0 N–H and O–H groups in total. The summed E-state index contributed by atoms with van der Waals surface area (Å²) >= 11 is 0. The van der Waals surface area contributed by atoms with E-state index in [0.717, 1.165) is 46.8 Å². The highest BCUT2D eigenvalue weighted by Gasteiger charge is 2.18. The minimum Gasteiger partial charge on any atom is -0.347 e. The van der Waals surface area contributed by atoms with Crippen LogP contribution in [-0.4, -0.2) is 10.4 Å². The highest BCUT2D eigenvalue weighted by Crippen LogP contribution is 2.29. The van der Waals surface area contributed by atoms with E-state index in [1.165, 1.54) is 23.8 Å². The highest BCUT2D eigenvalue weighted by atomic mass is 16.1. The molecule has 1 heterocycles. The van der Waals surface area contributed by atoms with Gasteiger partial charge in [0.2, 0.25) is 0 Å². The van der Waals surface area contributed by atoms with Crippen molar-refractivity contribution < 1.29 is 4.79 Å². The van der Waals surface area contributed by atoms with Crippen molar-refractivity contribution in [3.63, 3.8) is 0 Å². The van der Waals surface area contributed by atoms with E-state index < -0.39 is 0 Å². The summed E-state index contributed by atoms with van der Waals surface area (Å²) in [5, 5.41) is 3.28. The predicted molar refractivity (Wildman–Crippen MR) is 118 cm³/mol. The molecule has 0 spiro atoms. The van der Waals surface area contributed by atoms with Crippen LogP contribution in [-0.2, 0) is 13.0 Å². The van der Waals surface area contributed by atoms with Crippen molar-refractivity contribution >= 4 is 27.5 Å². The van der Waals surface area contributed by atoms with E-state index in [2.05, 4.69) is 67.1 Å². The number of unbranched alkanes of at least 4 members (excludes halogenated alkanes) is 2. The monoisotopic (exact) mass is 369 g/mol. The number of carbonyl (C=O) groups excluding carboxylic acids is 1. The number of fused-ring (bicyclic) bond motifs is 2. The average Bonchev–Trinajstić information content (AvgIpc) is 3.11. The number of aromatic nitrogens is 1. The van der Waals surface area contributed by atoms with Gasteiger partial charge in [0.25, 0.3) is 0 Å². The fourth-order valence-electron chi connectivity index (χ4n) is 4.17. The van der Waals surface area contributed by atoms with Crippen molar-refractivity contribution in [2.75, 3.05) is 0 Å². The van der Waals surface area contributed by atoms with Gasteiger partial charge < -0.3 is 4.57 Å². The van der Waals surface area contributed by atoms with Gasteiger partial charge in [-0.1, -0.05) is 81.3 Å². The lowest BCUT2D eigenvalue weighted by Crippen LogP contribution is -2.02. The van der Waals surface area contributed by atoms with Gasteiger partial charge in [0.15, 0.2) is 5.78 Å². The third-order valence-electron chi connectivity index (χ3n) is 5.67. The first-order valence-electron chi connectivity index (χ1n) is 10.4. The molecule has 0 saturated heterocycles. The molecule has 0 aliphatic carbocycles. The molecule has 0 saturated carbocycles. The molecule has 0 fully saturated rings. The van der Waals surface area contributed by atoms with Gasteiger partial charge in [-0.2, -0.15) is 0 Å². The second kappa shape index (κ2) is 8.02. The van der Waals surface area contributed by atoms with Gasteiger partial charge in [-0.15, -0.1) is 0 Å². The van der Waals surface area contributed by atoms with Crippen molar-refractivity contribution in [2.24, 2.45) is 0 Å². The molecule has 28 heavy (non-hydrogen) atoms. The number of ketones is 1. The first-order chi connectivity index (χ1) is 13.7. The minimum atomic E-state index is 0.115. The number of aryl methyl sites for hydroxylation is 2. The van der Waals surface area contributed by atoms with Crippen LogP contribution in [0.5, 0.6) is 0 Å². The summed E-state index contributed by atoms with van der Waals surface area (Å²) in [6.45, 7) is 5.33. The molecule has 3 aromatic carbocycles. The van der Waals surface area contributed by atoms with Gasteiger partial charge in [-0.25, -0.2) is 0 Å². The lowest BCUT2D eigenvalue weighted by atomic mass is 9.94. The lowest BCUT2D eigenvalue weighted by molar-refractivity contribution is 0.104. The molecule has 2 heteroatoms. The second-order valence-electron chi connectivity index (χ2n) is 7.46. The predicted octanol–water partition coefficient (Wildman–Crippen LogP) is 6.78. The molecule has 0 aliphatic heterocycles. The Kier molecular flexibility index (Phi) is 5.29. The van der Waals surface area contributed by atoms with Gasteiger partial charge in [0.1, 0.15) is 0 Å². The number of para-hydroxylation sites is 1. The summed E-state index contributed by atoms with van der Waals surface area (Å²) in [6.07, 6.45) is 6.56. The van der Waals surface area contributed by atoms with Gasteiger partial charge in [0, 0.05) is 34.8 Å². The molecule has 1 aromatic heterocycles. The largest absolute Gasteiger partial charge is 0.347 e. The zero-order valence-electron chi connectivity index (χ0n) is 16.7. The van der Waals surface area contributed by atoms with Crippen LogP contribution in [0.25, 0.3) is 21.7 Å². The van der Waals surface area contributed by atoms with E-state index in [1.54, 1.807) is 0 Å². The third-order valence-corrected chi connectivity index (χ3v) is 5.67. The van der Waals surface area contributed by atoms with E-state index in [0.29, 0.717) is 0 Å². The lowest BCUT2D eigenvalue weighted by Gasteiger charge is -2.08. The first-order valence-corrected chi connectivity index (χ1v) is 10.4. The molecule has 142 valence electrons. The number of carbonyl (C=O) groups is 1. The topological polar surface area (TPSA) is 22.0 Å². The summed E-state index contributed by atoms with van der Waals surface area (Å²) < 4.78 is 2.25. The minimum absolute atomic E-state index is 0.115. The fourth-order valence-corrected chi connectivity index (χ4v) is 4.17. The Morgan fingerprint density at radius 1 is 0.786 bits per heavy atom. The van der Waals surface area contributed by atoms with Crippen molar-refractivity contribution in [3.05, 3.63) is 83.6 Å². The van der Waals surface area contributed by atoms with E-state index in [-0.39, 0.29) is 5.78 Å².